The summed E-state index contributed by atoms with van der Waals surface area (Å²) in [5.41, 5.74) is -0.149. The third kappa shape index (κ3) is 4.57. The molecule has 1 aliphatic rings. The van der Waals surface area contributed by atoms with Gasteiger partial charge in [0.2, 0.25) is 0 Å². The SMILES string of the molecule is CNC(C)(CO)CC(C)N(CC(C)C)C1CC1. The molecule has 3 nitrogen and oxygen atoms in total. The maximum atomic E-state index is 9.47. The van der Waals surface area contributed by atoms with Gasteiger partial charge in [0, 0.05) is 24.2 Å². The Morgan fingerprint density at radius 1 is 1.35 bits per heavy atom. The number of nitrogens with one attached hydrogen (secondary N) is 1. The Hall–Kier alpha value is -0.120. The van der Waals surface area contributed by atoms with Crippen LogP contribution in [0.15, 0.2) is 0 Å². The minimum atomic E-state index is -0.149. The lowest BCUT2D eigenvalue weighted by Gasteiger charge is -2.37. The van der Waals surface area contributed by atoms with Crippen LogP contribution in [0.2, 0.25) is 0 Å². The molecule has 17 heavy (non-hydrogen) atoms. The van der Waals surface area contributed by atoms with Gasteiger partial charge in [-0.25, -0.2) is 0 Å². The molecule has 3 heteroatoms. The molecule has 0 aromatic heterocycles. The Morgan fingerprint density at radius 3 is 2.29 bits per heavy atom. The van der Waals surface area contributed by atoms with Crippen LogP contribution in [0.3, 0.4) is 0 Å². The molecule has 0 aromatic carbocycles. The average Bonchev–Trinajstić information content (AvgIpc) is 3.09. The molecule has 1 fully saturated rings. The Balaban J connectivity index is 2.55. The average molecular weight is 242 g/mol. The summed E-state index contributed by atoms with van der Waals surface area (Å²) in [6.45, 7) is 10.3. The Morgan fingerprint density at radius 2 is 1.94 bits per heavy atom. The molecule has 102 valence electrons. The van der Waals surface area contributed by atoms with E-state index in [0.717, 1.165) is 12.5 Å². The van der Waals surface area contributed by atoms with Crippen LogP contribution < -0.4 is 5.32 Å². The quantitative estimate of drug-likeness (QED) is 0.682. The Bertz CT molecular complexity index is 222. The summed E-state index contributed by atoms with van der Waals surface area (Å²) in [4.78, 5) is 2.63. The fraction of sp³-hybridized carbons (Fsp3) is 1.00. The summed E-state index contributed by atoms with van der Waals surface area (Å²) in [6, 6.07) is 1.33. The van der Waals surface area contributed by atoms with Crippen LogP contribution in [0.1, 0.15) is 47.0 Å². The van der Waals surface area contributed by atoms with E-state index in [2.05, 4.69) is 37.9 Å². The van der Waals surface area contributed by atoms with Gasteiger partial charge in [-0.1, -0.05) is 13.8 Å². The van der Waals surface area contributed by atoms with Crippen molar-refractivity contribution in [1.82, 2.24) is 10.2 Å². The number of hydrogen-bond acceptors (Lipinski definition) is 3. The monoisotopic (exact) mass is 242 g/mol. The number of likely N-dealkylation sites (N-methyl/N-ethyl adjacent to an activating group) is 1. The van der Waals surface area contributed by atoms with Crippen LogP contribution in [0.5, 0.6) is 0 Å². The highest BCUT2D eigenvalue weighted by Gasteiger charge is 2.35. The Labute approximate surface area is 107 Å². The van der Waals surface area contributed by atoms with Crippen molar-refractivity contribution in [3.63, 3.8) is 0 Å². The highest BCUT2D eigenvalue weighted by atomic mass is 16.3. The van der Waals surface area contributed by atoms with E-state index in [-0.39, 0.29) is 12.1 Å². The molecule has 0 bridgehead atoms. The predicted molar refractivity (Wildman–Crippen MR) is 73.2 cm³/mol. The van der Waals surface area contributed by atoms with Gasteiger partial charge in [0.1, 0.15) is 0 Å². The maximum absolute atomic E-state index is 9.47. The first-order valence-electron chi connectivity index (χ1n) is 6.97. The molecular formula is C14H30N2O. The number of aliphatic hydroxyl groups excluding tert-OH is 1. The lowest BCUT2D eigenvalue weighted by Crippen LogP contribution is -2.50. The van der Waals surface area contributed by atoms with E-state index in [9.17, 15) is 5.11 Å². The molecule has 0 radical (unpaired) electrons. The number of aliphatic hydroxyl groups is 1. The fourth-order valence-electron chi connectivity index (χ4n) is 2.53. The first-order valence-corrected chi connectivity index (χ1v) is 6.97. The van der Waals surface area contributed by atoms with Crippen molar-refractivity contribution in [2.45, 2.75) is 64.6 Å². The molecule has 1 aliphatic carbocycles. The second-order valence-electron chi connectivity index (χ2n) is 6.34. The minimum Gasteiger partial charge on any atom is -0.394 e. The molecule has 0 aliphatic heterocycles. The van der Waals surface area contributed by atoms with E-state index in [0.29, 0.717) is 12.0 Å². The smallest absolute Gasteiger partial charge is 0.0611 e. The van der Waals surface area contributed by atoms with Gasteiger partial charge in [0.05, 0.1) is 6.61 Å². The third-order valence-electron chi connectivity index (χ3n) is 3.86. The van der Waals surface area contributed by atoms with E-state index in [1.165, 1.54) is 19.4 Å². The van der Waals surface area contributed by atoms with Crippen LogP contribution >= 0.6 is 0 Å². The highest BCUT2D eigenvalue weighted by molar-refractivity contribution is 4.92. The predicted octanol–water partition coefficient (Wildman–Crippen LogP) is 1.86. The van der Waals surface area contributed by atoms with Crippen molar-refractivity contribution < 1.29 is 5.11 Å². The topological polar surface area (TPSA) is 35.5 Å². The first-order chi connectivity index (χ1) is 7.91. The molecule has 2 N–H and O–H groups in total. The molecular weight excluding hydrogens is 212 g/mol. The van der Waals surface area contributed by atoms with Gasteiger partial charge in [-0.15, -0.1) is 0 Å². The van der Waals surface area contributed by atoms with Crippen molar-refractivity contribution >= 4 is 0 Å². The largest absolute Gasteiger partial charge is 0.394 e. The van der Waals surface area contributed by atoms with Gasteiger partial charge in [0.15, 0.2) is 0 Å². The van der Waals surface area contributed by atoms with Crippen molar-refractivity contribution in [1.29, 1.82) is 0 Å². The number of rotatable bonds is 8. The highest BCUT2D eigenvalue weighted by Crippen LogP contribution is 2.31. The van der Waals surface area contributed by atoms with Crippen LogP contribution in [-0.2, 0) is 0 Å². The zero-order chi connectivity index (χ0) is 13.1. The van der Waals surface area contributed by atoms with E-state index in [4.69, 9.17) is 0 Å². The summed E-state index contributed by atoms with van der Waals surface area (Å²) < 4.78 is 0. The van der Waals surface area contributed by atoms with Crippen LogP contribution in [0.25, 0.3) is 0 Å². The second kappa shape index (κ2) is 6.17. The van der Waals surface area contributed by atoms with Crippen LogP contribution in [0.4, 0.5) is 0 Å². The van der Waals surface area contributed by atoms with E-state index in [1.807, 2.05) is 7.05 Å². The lowest BCUT2D eigenvalue weighted by molar-refractivity contribution is 0.107. The summed E-state index contributed by atoms with van der Waals surface area (Å²) in [5.74, 6) is 0.716. The maximum Gasteiger partial charge on any atom is 0.0611 e. The fourth-order valence-corrected chi connectivity index (χ4v) is 2.53. The molecule has 1 saturated carbocycles. The normalized spacial score (nSPS) is 21.9. The van der Waals surface area contributed by atoms with Gasteiger partial charge in [-0.3, -0.25) is 4.90 Å². The summed E-state index contributed by atoms with van der Waals surface area (Å²) in [7, 11) is 1.94. The molecule has 2 atom stereocenters. The van der Waals surface area contributed by atoms with Crippen LogP contribution in [-0.4, -0.2) is 47.8 Å². The summed E-state index contributed by atoms with van der Waals surface area (Å²) in [6.07, 6.45) is 3.71. The van der Waals surface area contributed by atoms with Crippen molar-refractivity contribution in [2.75, 3.05) is 20.2 Å². The molecule has 1 rings (SSSR count). The van der Waals surface area contributed by atoms with Crippen molar-refractivity contribution in [3.8, 4) is 0 Å². The molecule has 0 amide bonds. The van der Waals surface area contributed by atoms with Crippen molar-refractivity contribution in [2.24, 2.45) is 5.92 Å². The van der Waals surface area contributed by atoms with Gasteiger partial charge < -0.3 is 10.4 Å². The second-order valence-corrected chi connectivity index (χ2v) is 6.34. The molecule has 0 aromatic rings. The molecule has 2 unspecified atom stereocenters. The Kier molecular flexibility index (Phi) is 5.42. The summed E-state index contributed by atoms with van der Waals surface area (Å²) in [5, 5.41) is 12.7. The first kappa shape index (κ1) is 14.9. The zero-order valence-electron chi connectivity index (χ0n) is 12.2. The van der Waals surface area contributed by atoms with E-state index >= 15 is 0 Å². The molecule has 0 saturated heterocycles. The van der Waals surface area contributed by atoms with Crippen molar-refractivity contribution in [3.05, 3.63) is 0 Å². The standard InChI is InChI=1S/C14H30N2O/c1-11(2)9-16(13-6-7-13)12(3)8-14(4,10-17)15-5/h11-13,15,17H,6-10H2,1-5H3. The van der Waals surface area contributed by atoms with Gasteiger partial charge >= 0.3 is 0 Å². The van der Waals surface area contributed by atoms with Gasteiger partial charge in [-0.2, -0.15) is 0 Å². The third-order valence-corrected chi connectivity index (χ3v) is 3.86. The number of nitrogens with zero attached hydrogens (tertiary/aromatic N) is 1. The van der Waals surface area contributed by atoms with Gasteiger partial charge in [0.25, 0.3) is 0 Å². The lowest BCUT2D eigenvalue weighted by atomic mass is 9.93. The van der Waals surface area contributed by atoms with E-state index < -0.39 is 0 Å². The van der Waals surface area contributed by atoms with E-state index in [1.54, 1.807) is 0 Å². The van der Waals surface area contributed by atoms with Crippen LogP contribution in [0, 0.1) is 5.92 Å². The zero-order valence-corrected chi connectivity index (χ0v) is 12.2. The molecule has 0 heterocycles. The summed E-state index contributed by atoms with van der Waals surface area (Å²) >= 11 is 0. The number of hydrogen-bond donors (Lipinski definition) is 2. The minimum absolute atomic E-state index is 0.149. The van der Waals surface area contributed by atoms with Gasteiger partial charge in [-0.05, 0) is 46.1 Å². The molecule has 0 spiro atoms.